The van der Waals surface area contributed by atoms with Gasteiger partial charge in [-0.2, -0.15) is 0 Å². The van der Waals surface area contributed by atoms with Crippen molar-refractivity contribution >= 4 is 13.8 Å². The van der Waals surface area contributed by atoms with E-state index in [1.165, 1.54) is 0 Å². The van der Waals surface area contributed by atoms with Crippen LogP contribution in [0.2, 0.25) is 0 Å². The number of hydrogen-bond donors (Lipinski definition) is 0. The average Bonchev–Trinajstić information content (AvgIpc) is 1.63. The lowest BCUT2D eigenvalue weighted by Crippen LogP contribution is -2.07. The Morgan fingerprint density at radius 2 is 2.33 bits per heavy atom. The first-order valence-corrected chi connectivity index (χ1v) is 2.98. The minimum atomic E-state index is 0.180. The highest BCUT2D eigenvalue weighted by Crippen LogP contribution is 2.01. The Morgan fingerprint density at radius 3 is 2.67 bits per heavy atom. The molecule has 0 saturated heterocycles. The first-order chi connectivity index (χ1) is 4.16. The zero-order valence-corrected chi connectivity index (χ0v) is 5.89. The Hall–Kier alpha value is -0.305. The standard InChI is InChI=1S/C6H11BO2/c1-5(4-9-7)3-6(2)8/h5H,3-4H2,1-2H3. The predicted octanol–water partition coefficient (Wildman–Crippen LogP) is 0.702. The SMILES string of the molecule is [B]OCC(C)CC(C)=O. The third-order valence-corrected chi connectivity index (χ3v) is 1.02. The summed E-state index contributed by atoms with van der Waals surface area (Å²) in [6.45, 7) is 3.95. The lowest BCUT2D eigenvalue weighted by atomic mass is 10.1. The molecule has 0 heterocycles. The van der Waals surface area contributed by atoms with E-state index in [0.717, 1.165) is 0 Å². The Bertz CT molecular complexity index is 93.1. The Kier molecular flexibility index (Phi) is 4.41. The molecule has 0 bridgehead atoms. The van der Waals surface area contributed by atoms with E-state index < -0.39 is 0 Å². The van der Waals surface area contributed by atoms with Crippen LogP contribution in [0.1, 0.15) is 20.3 Å². The molecule has 0 aromatic rings. The molecule has 0 fully saturated rings. The summed E-state index contributed by atoms with van der Waals surface area (Å²) in [6.07, 6.45) is 0.553. The summed E-state index contributed by atoms with van der Waals surface area (Å²) in [5.74, 6) is 0.423. The molecule has 2 nitrogen and oxygen atoms in total. The van der Waals surface area contributed by atoms with E-state index >= 15 is 0 Å². The van der Waals surface area contributed by atoms with Crippen LogP contribution in [0, 0.1) is 5.92 Å². The molecule has 0 aromatic heterocycles. The normalized spacial score (nSPS) is 13.1. The molecule has 0 amide bonds. The fourth-order valence-corrected chi connectivity index (χ4v) is 0.714. The summed E-state index contributed by atoms with van der Waals surface area (Å²) in [6, 6.07) is 0. The Morgan fingerprint density at radius 1 is 1.78 bits per heavy atom. The van der Waals surface area contributed by atoms with Gasteiger partial charge >= 0.3 is 0 Å². The largest absolute Gasteiger partial charge is 0.447 e. The summed E-state index contributed by atoms with van der Waals surface area (Å²) in [5, 5.41) is 0. The van der Waals surface area contributed by atoms with Crippen LogP contribution < -0.4 is 0 Å². The highest BCUT2D eigenvalue weighted by molar-refractivity contribution is 5.97. The first kappa shape index (κ1) is 8.69. The van der Waals surface area contributed by atoms with Crippen molar-refractivity contribution < 1.29 is 9.45 Å². The maximum atomic E-state index is 10.4. The molecule has 1 atom stereocenters. The van der Waals surface area contributed by atoms with E-state index in [1.54, 1.807) is 6.92 Å². The molecule has 0 aliphatic heterocycles. The molecule has 9 heavy (non-hydrogen) atoms. The maximum absolute atomic E-state index is 10.4. The van der Waals surface area contributed by atoms with Gasteiger partial charge in [-0.25, -0.2) is 0 Å². The molecule has 2 radical (unpaired) electrons. The number of rotatable bonds is 4. The van der Waals surface area contributed by atoms with E-state index in [1.807, 2.05) is 6.92 Å². The van der Waals surface area contributed by atoms with Crippen LogP contribution in [0.3, 0.4) is 0 Å². The van der Waals surface area contributed by atoms with Gasteiger partial charge in [-0.05, 0) is 12.8 Å². The number of carbonyl (C=O) groups is 1. The Balaban J connectivity index is 3.26. The van der Waals surface area contributed by atoms with Gasteiger partial charge in [0.15, 0.2) is 0 Å². The number of carbonyl (C=O) groups excluding carboxylic acids is 1. The van der Waals surface area contributed by atoms with Gasteiger partial charge in [-0.1, -0.05) is 6.92 Å². The molecule has 1 unspecified atom stereocenters. The van der Waals surface area contributed by atoms with Crippen molar-refractivity contribution in [2.45, 2.75) is 20.3 Å². The summed E-state index contributed by atoms with van der Waals surface area (Å²) in [4.78, 5) is 10.4. The first-order valence-electron chi connectivity index (χ1n) is 2.98. The molecule has 0 rings (SSSR count). The fourth-order valence-electron chi connectivity index (χ4n) is 0.714. The van der Waals surface area contributed by atoms with Crippen molar-refractivity contribution in [3.63, 3.8) is 0 Å². The third-order valence-electron chi connectivity index (χ3n) is 1.02. The van der Waals surface area contributed by atoms with E-state index in [0.29, 0.717) is 13.0 Å². The molecule has 0 saturated carbocycles. The summed E-state index contributed by atoms with van der Waals surface area (Å²) < 4.78 is 4.35. The lowest BCUT2D eigenvalue weighted by molar-refractivity contribution is -0.118. The fraction of sp³-hybridized carbons (Fsp3) is 0.833. The zero-order chi connectivity index (χ0) is 7.28. The Labute approximate surface area is 57.0 Å². The van der Waals surface area contributed by atoms with Gasteiger partial charge in [0.2, 0.25) is 0 Å². The maximum Gasteiger partial charge on any atom is 0.282 e. The molecule has 50 valence electrons. The van der Waals surface area contributed by atoms with Gasteiger partial charge in [0.1, 0.15) is 5.78 Å². The van der Waals surface area contributed by atoms with Gasteiger partial charge in [0, 0.05) is 13.0 Å². The molecule has 0 spiro atoms. The second-order valence-corrected chi connectivity index (χ2v) is 2.34. The summed E-state index contributed by atoms with van der Waals surface area (Å²) >= 11 is 0. The van der Waals surface area contributed by atoms with E-state index in [2.05, 4.69) is 4.65 Å². The topological polar surface area (TPSA) is 26.3 Å². The second-order valence-electron chi connectivity index (χ2n) is 2.34. The minimum absolute atomic E-state index is 0.180. The smallest absolute Gasteiger partial charge is 0.282 e. The van der Waals surface area contributed by atoms with Crippen molar-refractivity contribution in [3.8, 4) is 0 Å². The van der Waals surface area contributed by atoms with Gasteiger partial charge in [-0.15, -0.1) is 0 Å². The molecule has 0 aromatic carbocycles. The van der Waals surface area contributed by atoms with E-state index in [-0.39, 0.29) is 11.7 Å². The van der Waals surface area contributed by atoms with Gasteiger partial charge < -0.3 is 9.45 Å². The predicted molar refractivity (Wildman–Crippen MR) is 36.2 cm³/mol. The van der Waals surface area contributed by atoms with Gasteiger partial charge in [0.05, 0.1) is 0 Å². The molecular formula is C6H11BO2. The lowest BCUT2D eigenvalue weighted by Gasteiger charge is -2.06. The summed E-state index contributed by atoms with van der Waals surface area (Å²) in [5.41, 5.74) is 0. The molecule has 0 aliphatic rings. The van der Waals surface area contributed by atoms with Crippen LogP contribution in [-0.4, -0.2) is 20.4 Å². The van der Waals surface area contributed by atoms with Gasteiger partial charge in [-0.3, -0.25) is 0 Å². The highest BCUT2D eigenvalue weighted by atomic mass is 16.4. The van der Waals surface area contributed by atoms with Crippen molar-refractivity contribution in [2.75, 3.05) is 6.61 Å². The van der Waals surface area contributed by atoms with E-state index in [9.17, 15) is 4.79 Å². The summed E-state index contributed by atoms with van der Waals surface area (Å²) in [7, 11) is 4.79. The number of hydrogen-bond acceptors (Lipinski definition) is 2. The van der Waals surface area contributed by atoms with Crippen LogP contribution in [0.4, 0.5) is 0 Å². The van der Waals surface area contributed by atoms with Crippen molar-refractivity contribution in [3.05, 3.63) is 0 Å². The molecular weight excluding hydrogens is 115 g/mol. The average molecular weight is 126 g/mol. The quantitative estimate of drug-likeness (QED) is 0.518. The van der Waals surface area contributed by atoms with Crippen LogP contribution in [-0.2, 0) is 9.45 Å². The second kappa shape index (κ2) is 4.56. The van der Waals surface area contributed by atoms with Crippen molar-refractivity contribution in [1.82, 2.24) is 0 Å². The van der Waals surface area contributed by atoms with E-state index in [4.69, 9.17) is 8.05 Å². The molecule has 0 aliphatic carbocycles. The molecule has 3 heteroatoms. The van der Waals surface area contributed by atoms with Crippen LogP contribution in [0.5, 0.6) is 0 Å². The highest BCUT2D eigenvalue weighted by Gasteiger charge is 2.02. The van der Waals surface area contributed by atoms with Crippen LogP contribution in [0.15, 0.2) is 0 Å². The van der Waals surface area contributed by atoms with Gasteiger partial charge in [0.25, 0.3) is 8.05 Å². The zero-order valence-electron chi connectivity index (χ0n) is 5.89. The van der Waals surface area contributed by atoms with Crippen molar-refractivity contribution in [2.24, 2.45) is 5.92 Å². The third kappa shape index (κ3) is 5.57. The van der Waals surface area contributed by atoms with Crippen LogP contribution in [0.25, 0.3) is 0 Å². The monoisotopic (exact) mass is 126 g/mol. The number of ketones is 1. The van der Waals surface area contributed by atoms with Crippen molar-refractivity contribution in [1.29, 1.82) is 0 Å². The number of Topliss-reactive ketones (excluding diaryl/α,β-unsaturated/α-hetero) is 1. The van der Waals surface area contributed by atoms with Crippen LogP contribution >= 0.6 is 0 Å². The molecule has 0 N–H and O–H groups in total. The minimum Gasteiger partial charge on any atom is -0.447 e.